The smallest absolute Gasteiger partial charge is 0.326 e. The van der Waals surface area contributed by atoms with Crippen LogP contribution in [0.5, 0.6) is 0 Å². The molecule has 2 N–H and O–H groups in total. The van der Waals surface area contributed by atoms with Crippen LogP contribution in [0, 0.1) is 12.8 Å². The molecule has 1 heterocycles. The Bertz CT molecular complexity index is 870. The number of aryl methyl sites for hydroxylation is 3. The minimum atomic E-state index is -1.03. The molecule has 25 heavy (non-hydrogen) atoms. The van der Waals surface area contributed by atoms with Crippen LogP contribution in [0.4, 0.5) is 0 Å². The van der Waals surface area contributed by atoms with E-state index in [1.165, 1.54) is 0 Å². The van der Waals surface area contributed by atoms with Crippen molar-refractivity contribution in [1.82, 2.24) is 14.9 Å². The van der Waals surface area contributed by atoms with Crippen LogP contribution in [-0.2, 0) is 23.1 Å². The SMILES string of the molecule is Cc1nc2cc(CCC(=O)NC(C(=O)O)C(C)C)ccc2n(C)c1=O. The lowest BCUT2D eigenvalue weighted by atomic mass is 10.0. The maximum atomic E-state index is 12.0. The molecule has 1 atom stereocenters. The summed E-state index contributed by atoms with van der Waals surface area (Å²) in [5, 5.41) is 11.7. The zero-order chi connectivity index (χ0) is 18.7. The van der Waals surface area contributed by atoms with E-state index < -0.39 is 12.0 Å². The van der Waals surface area contributed by atoms with Crippen molar-refractivity contribution >= 4 is 22.9 Å². The Hall–Kier alpha value is -2.70. The largest absolute Gasteiger partial charge is 0.480 e. The van der Waals surface area contributed by atoms with Crippen molar-refractivity contribution in [2.24, 2.45) is 13.0 Å². The maximum Gasteiger partial charge on any atom is 0.326 e. The number of hydrogen-bond donors (Lipinski definition) is 2. The molecule has 0 aliphatic carbocycles. The predicted molar refractivity (Wildman–Crippen MR) is 94.4 cm³/mol. The molecular weight excluding hydrogens is 322 g/mol. The Balaban J connectivity index is 2.11. The van der Waals surface area contributed by atoms with E-state index >= 15 is 0 Å². The van der Waals surface area contributed by atoms with Crippen LogP contribution in [0.3, 0.4) is 0 Å². The normalized spacial score (nSPS) is 12.4. The first kappa shape index (κ1) is 18.6. The number of carboxylic acid groups (broad SMARTS) is 1. The van der Waals surface area contributed by atoms with Gasteiger partial charge >= 0.3 is 5.97 Å². The molecule has 1 unspecified atom stereocenters. The van der Waals surface area contributed by atoms with Gasteiger partial charge in [0.15, 0.2) is 0 Å². The lowest BCUT2D eigenvalue weighted by Crippen LogP contribution is -2.44. The van der Waals surface area contributed by atoms with Gasteiger partial charge in [0.2, 0.25) is 5.91 Å². The third-order valence-electron chi connectivity index (χ3n) is 4.19. The highest BCUT2D eigenvalue weighted by molar-refractivity contribution is 5.84. The van der Waals surface area contributed by atoms with Crippen LogP contribution in [0.1, 0.15) is 31.5 Å². The molecule has 7 nitrogen and oxygen atoms in total. The second-order valence-electron chi connectivity index (χ2n) is 6.51. The molecule has 0 saturated carbocycles. The van der Waals surface area contributed by atoms with E-state index in [0.29, 0.717) is 17.6 Å². The van der Waals surface area contributed by atoms with Gasteiger partial charge in [0.05, 0.1) is 11.0 Å². The fourth-order valence-electron chi connectivity index (χ4n) is 2.70. The first-order valence-corrected chi connectivity index (χ1v) is 8.19. The number of carbonyl (C=O) groups is 2. The Kier molecular flexibility index (Phi) is 5.56. The molecule has 1 aromatic heterocycles. The number of carboxylic acids is 1. The monoisotopic (exact) mass is 345 g/mol. The fraction of sp³-hybridized carbons (Fsp3) is 0.444. The molecule has 0 fully saturated rings. The molecule has 0 radical (unpaired) electrons. The quantitative estimate of drug-likeness (QED) is 0.824. The maximum absolute atomic E-state index is 12.0. The Morgan fingerprint density at radius 3 is 2.60 bits per heavy atom. The minimum absolute atomic E-state index is 0.131. The standard InChI is InChI=1S/C18H23N3O4/c1-10(2)16(18(24)25)20-15(22)8-6-12-5-7-14-13(9-12)19-11(3)17(23)21(14)4/h5,7,9-10,16H,6,8H2,1-4H3,(H,20,22)(H,24,25). The summed E-state index contributed by atoms with van der Waals surface area (Å²) in [4.78, 5) is 39.4. The lowest BCUT2D eigenvalue weighted by Gasteiger charge is -2.17. The van der Waals surface area contributed by atoms with Crippen LogP contribution in [-0.4, -0.2) is 32.6 Å². The molecule has 0 saturated heterocycles. The molecule has 1 aromatic carbocycles. The van der Waals surface area contributed by atoms with Crippen LogP contribution in [0.2, 0.25) is 0 Å². The minimum Gasteiger partial charge on any atom is -0.480 e. The van der Waals surface area contributed by atoms with Gasteiger partial charge in [-0.25, -0.2) is 9.78 Å². The molecular formula is C18H23N3O4. The predicted octanol–water partition coefficient (Wildman–Crippen LogP) is 1.40. The second kappa shape index (κ2) is 7.46. The van der Waals surface area contributed by atoms with Crippen molar-refractivity contribution in [2.45, 2.75) is 39.7 Å². The molecule has 0 spiro atoms. The summed E-state index contributed by atoms with van der Waals surface area (Å²) in [6, 6.07) is 4.63. The van der Waals surface area contributed by atoms with E-state index in [0.717, 1.165) is 11.1 Å². The summed E-state index contributed by atoms with van der Waals surface area (Å²) in [7, 11) is 1.70. The number of aromatic nitrogens is 2. The van der Waals surface area contributed by atoms with Crippen molar-refractivity contribution in [3.63, 3.8) is 0 Å². The van der Waals surface area contributed by atoms with E-state index in [1.54, 1.807) is 32.4 Å². The van der Waals surface area contributed by atoms with E-state index in [1.807, 2.05) is 18.2 Å². The number of rotatable bonds is 6. The van der Waals surface area contributed by atoms with Crippen LogP contribution < -0.4 is 10.9 Å². The number of benzene rings is 1. The van der Waals surface area contributed by atoms with Crippen LogP contribution in [0.25, 0.3) is 11.0 Å². The Morgan fingerprint density at radius 2 is 2.00 bits per heavy atom. The van der Waals surface area contributed by atoms with Crippen molar-refractivity contribution in [1.29, 1.82) is 0 Å². The zero-order valence-corrected chi connectivity index (χ0v) is 14.9. The summed E-state index contributed by atoms with van der Waals surface area (Å²) in [6.07, 6.45) is 0.655. The van der Waals surface area contributed by atoms with Gasteiger partial charge in [0.25, 0.3) is 5.56 Å². The number of aliphatic carboxylic acids is 1. The van der Waals surface area contributed by atoms with Crippen LogP contribution >= 0.6 is 0 Å². The summed E-state index contributed by atoms with van der Waals surface area (Å²) < 4.78 is 1.55. The molecule has 1 amide bonds. The number of nitrogens with zero attached hydrogens (tertiary/aromatic N) is 2. The topological polar surface area (TPSA) is 101 Å². The first-order chi connectivity index (χ1) is 11.7. The van der Waals surface area contributed by atoms with Gasteiger partial charge in [-0.1, -0.05) is 19.9 Å². The van der Waals surface area contributed by atoms with Crippen molar-refractivity contribution in [2.75, 3.05) is 0 Å². The Labute approximate surface area is 145 Å². The summed E-state index contributed by atoms with van der Waals surface area (Å²) in [5.41, 5.74) is 2.63. The van der Waals surface area contributed by atoms with E-state index in [2.05, 4.69) is 10.3 Å². The molecule has 0 aliphatic heterocycles. The molecule has 0 bridgehead atoms. The van der Waals surface area contributed by atoms with Gasteiger partial charge in [0, 0.05) is 13.5 Å². The number of nitrogens with one attached hydrogen (secondary N) is 1. The van der Waals surface area contributed by atoms with Gasteiger partial charge in [-0.2, -0.15) is 0 Å². The molecule has 0 aliphatic rings. The van der Waals surface area contributed by atoms with Gasteiger partial charge in [0.1, 0.15) is 11.7 Å². The van der Waals surface area contributed by atoms with Gasteiger partial charge in [-0.15, -0.1) is 0 Å². The third-order valence-corrected chi connectivity index (χ3v) is 4.19. The van der Waals surface area contributed by atoms with E-state index in [9.17, 15) is 14.4 Å². The highest BCUT2D eigenvalue weighted by Gasteiger charge is 2.23. The van der Waals surface area contributed by atoms with Gasteiger partial charge in [-0.3, -0.25) is 9.59 Å². The van der Waals surface area contributed by atoms with Gasteiger partial charge < -0.3 is 15.0 Å². The lowest BCUT2D eigenvalue weighted by molar-refractivity contribution is -0.143. The first-order valence-electron chi connectivity index (χ1n) is 8.19. The molecule has 2 rings (SSSR count). The van der Waals surface area contributed by atoms with E-state index in [-0.39, 0.29) is 23.8 Å². The average molecular weight is 345 g/mol. The number of fused-ring (bicyclic) bond motifs is 1. The highest BCUT2D eigenvalue weighted by Crippen LogP contribution is 2.14. The van der Waals surface area contributed by atoms with E-state index in [4.69, 9.17) is 5.11 Å². The van der Waals surface area contributed by atoms with Crippen molar-refractivity contribution < 1.29 is 14.7 Å². The fourth-order valence-corrected chi connectivity index (χ4v) is 2.70. The second-order valence-corrected chi connectivity index (χ2v) is 6.51. The number of hydrogen-bond acceptors (Lipinski definition) is 4. The molecule has 7 heteroatoms. The zero-order valence-electron chi connectivity index (χ0n) is 14.9. The summed E-state index contributed by atoms with van der Waals surface area (Å²) in [6.45, 7) is 5.17. The van der Waals surface area contributed by atoms with Crippen molar-refractivity contribution in [3.05, 3.63) is 39.8 Å². The Morgan fingerprint density at radius 1 is 1.32 bits per heavy atom. The number of amides is 1. The highest BCUT2D eigenvalue weighted by atomic mass is 16.4. The molecule has 134 valence electrons. The summed E-state index contributed by atoms with van der Waals surface area (Å²) in [5.74, 6) is -1.52. The average Bonchev–Trinajstić information content (AvgIpc) is 2.55. The number of carbonyl (C=O) groups excluding carboxylic acids is 1. The van der Waals surface area contributed by atoms with Gasteiger partial charge in [-0.05, 0) is 37.0 Å². The third kappa shape index (κ3) is 4.23. The van der Waals surface area contributed by atoms with Crippen LogP contribution in [0.15, 0.2) is 23.0 Å². The summed E-state index contributed by atoms with van der Waals surface area (Å²) >= 11 is 0. The molecule has 2 aromatic rings. The van der Waals surface area contributed by atoms with Crippen molar-refractivity contribution in [3.8, 4) is 0 Å².